The molecule has 0 radical (unpaired) electrons. The van der Waals surface area contributed by atoms with Gasteiger partial charge in [0.25, 0.3) is 5.56 Å². The zero-order chi connectivity index (χ0) is 72.2. The Bertz CT molecular complexity index is 4280. The Morgan fingerprint density at radius 2 is 1.47 bits per heavy atom. The van der Waals surface area contributed by atoms with Gasteiger partial charge in [-0.25, -0.2) is 14.2 Å². The molecule has 4 aromatic carbocycles. The largest absolute Gasteiger partial charge is 0.458 e. The number of nitrogens with one attached hydrogen (secondary N) is 7. The number of aromatic nitrogens is 2. The van der Waals surface area contributed by atoms with Crippen molar-refractivity contribution >= 4 is 75.9 Å². The molecule has 25 heteroatoms. The number of pyridine rings is 2. The number of amides is 8. The normalized spacial score (nSPS) is 17.4. The number of benzene rings is 4. The van der Waals surface area contributed by atoms with Gasteiger partial charge in [0.1, 0.15) is 18.5 Å². The number of ether oxygens (including phenoxy) is 2. The van der Waals surface area contributed by atoms with Crippen LogP contribution in [0.5, 0.6) is 0 Å². The van der Waals surface area contributed by atoms with Gasteiger partial charge in [0.2, 0.25) is 47.3 Å². The number of rotatable bonds is 29. The van der Waals surface area contributed by atoms with Crippen LogP contribution in [0, 0.1) is 24.1 Å². The number of aryl methyl sites for hydroxylation is 2. The van der Waals surface area contributed by atoms with Crippen molar-refractivity contribution in [3.05, 3.63) is 169 Å². The van der Waals surface area contributed by atoms with E-state index >= 15 is 4.39 Å². The van der Waals surface area contributed by atoms with Gasteiger partial charge >= 0.3 is 5.97 Å². The number of aliphatic hydroxyl groups is 1. The summed E-state index contributed by atoms with van der Waals surface area (Å²) in [5, 5.41) is 31.6. The summed E-state index contributed by atoms with van der Waals surface area (Å²) >= 11 is 0. The van der Waals surface area contributed by atoms with Crippen molar-refractivity contribution < 1.29 is 62.1 Å². The second-order valence-corrected chi connectivity index (χ2v) is 27.1. The van der Waals surface area contributed by atoms with E-state index in [0.29, 0.717) is 66.1 Å². The first-order chi connectivity index (χ1) is 49.2. The van der Waals surface area contributed by atoms with Crippen LogP contribution in [0.4, 0.5) is 10.1 Å². The minimum Gasteiger partial charge on any atom is -0.458 e. The van der Waals surface area contributed by atoms with Crippen molar-refractivity contribution in [1.82, 2.24) is 51.7 Å². The fourth-order valence-electron chi connectivity index (χ4n) is 15.0. The highest BCUT2D eigenvalue weighted by molar-refractivity contribution is 5.97. The highest BCUT2D eigenvalue weighted by Gasteiger charge is 2.46. The fraction of sp³-hybridized carbons (Fsp3) is 0.442. The summed E-state index contributed by atoms with van der Waals surface area (Å²) in [6.45, 7) is 9.67. The standard InChI is InChI=1S/C77H90FN11O13/c1-5-49-17-11-12-19-52(49)43-88(61-20-14-13-18-50(61)6-2)68(95)25-32-79-72(96)51-23-28-76(29-24-51)30-33-87(34-31-76)67(94)27-36-101-35-26-63(90)80-40-64(91)81-42-66(93)85-60(37-48-15-9-8-10-16-48)73(97)82-41-65(92)84-46-83-58-22-21-53-47(4)57(78)39-59-69(53)70(58)54-44-89-62(71(54)86-59)38-56-55(74(89)98)45-102-75(99)77(56,100)7-3/h6,8-20,38-39,51,58,60,83,100H,2,5,7,21-37,40-46H2,1,3-4H3,(H,79,96)(H,80,90)(H,81,91)(H,82,97)(H,84,92)(H,85,93)/t58-,60-,77-/m0/s1. The van der Waals surface area contributed by atoms with E-state index in [9.17, 15) is 53.1 Å². The zero-order valence-electron chi connectivity index (χ0n) is 58.1. The van der Waals surface area contributed by atoms with E-state index in [4.69, 9.17) is 14.5 Å². The molecule has 3 aliphatic heterocycles. The summed E-state index contributed by atoms with van der Waals surface area (Å²) in [6.07, 6.45) is 8.73. The Hall–Kier alpha value is -9.98. The Labute approximate surface area is 591 Å². The van der Waals surface area contributed by atoms with Crippen LogP contribution in [-0.2, 0) is 97.2 Å². The third kappa shape index (κ3) is 16.5. The number of piperidine rings is 1. The van der Waals surface area contributed by atoms with Crippen LogP contribution in [0.15, 0.2) is 102 Å². The Morgan fingerprint density at radius 3 is 2.22 bits per heavy atom. The van der Waals surface area contributed by atoms with E-state index < -0.39 is 84.2 Å². The average Bonchev–Trinajstić information content (AvgIpc) is 1.49. The lowest BCUT2D eigenvalue weighted by atomic mass is 9.65. The van der Waals surface area contributed by atoms with Gasteiger partial charge in [0.15, 0.2) is 5.60 Å². The van der Waals surface area contributed by atoms with Gasteiger partial charge in [0, 0.05) is 73.4 Å². The first-order valence-corrected chi connectivity index (χ1v) is 35.4. The highest BCUT2D eigenvalue weighted by Crippen LogP contribution is 2.48. The van der Waals surface area contributed by atoms with Crippen molar-refractivity contribution in [3.8, 4) is 11.4 Å². The van der Waals surface area contributed by atoms with Crippen molar-refractivity contribution in [1.29, 1.82) is 0 Å². The van der Waals surface area contributed by atoms with Crippen LogP contribution in [0.1, 0.15) is 146 Å². The van der Waals surface area contributed by atoms with E-state index in [2.05, 4.69) is 56.8 Å². The average molecular weight is 1400 g/mol. The summed E-state index contributed by atoms with van der Waals surface area (Å²) in [6, 6.07) is 26.1. The lowest BCUT2D eigenvalue weighted by molar-refractivity contribution is -0.172. The number of carbonyl (C=O) groups is 9. The molecule has 24 nitrogen and oxygen atoms in total. The van der Waals surface area contributed by atoms with Crippen LogP contribution >= 0.6 is 0 Å². The van der Waals surface area contributed by atoms with E-state index in [-0.39, 0.29) is 112 Å². The molecular weight excluding hydrogens is 1310 g/mol. The molecule has 0 bridgehead atoms. The SMILES string of the molecule is C=Cc1ccccc1N(Cc1ccccc1CC)C(=O)CCNC(=O)C1CCC2(CC1)CCN(C(=O)CCOCCC(=O)NCC(=O)NCC(=O)N[C@@H](Cc1ccccc1)C(=O)NCC(=O)NCN[C@H]1CCc3c(C)c(F)cc4nc5c(c1c34)Cn1c-5cc3c(c1=O)COC(=O)[C@]3(O)CC)CC2. The molecule has 8 N–H and O–H groups in total. The van der Waals surface area contributed by atoms with Crippen LogP contribution in [0.2, 0.25) is 0 Å². The number of fused-ring (bicyclic) bond motifs is 5. The van der Waals surface area contributed by atoms with Gasteiger partial charge in [0.05, 0.1) is 87.2 Å². The molecule has 2 fully saturated rings. The number of halogens is 1. The number of hydrogen-bond donors (Lipinski definition) is 8. The summed E-state index contributed by atoms with van der Waals surface area (Å²) in [5.41, 5.74) is 6.36. The number of hydrogen-bond acceptors (Lipinski definition) is 15. The summed E-state index contributed by atoms with van der Waals surface area (Å²) in [5.74, 6) is -4.68. The summed E-state index contributed by atoms with van der Waals surface area (Å²) in [4.78, 5) is 142. The van der Waals surface area contributed by atoms with Crippen LogP contribution in [-0.4, -0.2) is 138 Å². The molecule has 8 amide bonds. The van der Waals surface area contributed by atoms with E-state index in [0.717, 1.165) is 78.3 Å². The molecule has 538 valence electrons. The highest BCUT2D eigenvalue weighted by atomic mass is 19.1. The molecular formula is C77H90FN11O13. The van der Waals surface area contributed by atoms with Gasteiger partial charge in [-0.1, -0.05) is 99.3 Å². The number of esters is 1. The van der Waals surface area contributed by atoms with Crippen LogP contribution in [0.25, 0.3) is 28.4 Å². The van der Waals surface area contributed by atoms with E-state index in [1.54, 1.807) is 61.2 Å². The molecule has 6 aromatic rings. The topological polar surface area (TPSA) is 318 Å². The third-order valence-electron chi connectivity index (χ3n) is 21.0. The quantitative estimate of drug-likeness (QED) is 0.0156. The van der Waals surface area contributed by atoms with Crippen LogP contribution < -0.4 is 47.7 Å². The minimum atomic E-state index is -2.04. The Morgan fingerprint density at radius 1 is 0.784 bits per heavy atom. The van der Waals surface area contributed by atoms with Crippen molar-refractivity contribution in [2.45, 2.75) is 148 Å². The minimum absolute atomic E-state index is 0.00749. The second-order valence-electron chi connectivity index (χ2n) is 27.1. The third-order valence-corrected chi connectivity index (χ3v) is 21.0. The number of carbonyl (C=O) groups excluding carboxylic acids is 9. The lowest BCUT2D eigenvalue weighted by Gasteiger charge is -2.45. The van der Waals surface area contributed by atoms with Gasteiger partial charge in [-0.2, -0.15) is 0 Å². The first kappa shape index (κ1) is 73.2. The number of anilines is 1. The predicted octanol–water partition coefficient (Wildman–Crippen LogP) is 5.79. The second kappa shape index (κ2) is 32.8. The lowest BCUT2D eigenvalue weighted by Crippen LogP contribution is -2.52. The molecule has 2 aliphatic carbocycles. The maximum Gasteiger partial charge on any atom is 0.343 e. The molecule has 102 heavy (non-hydrogen) atoms. The smallest absolute Gasteiger partial charge is 0.343 e. The zero-order valence-corrected chi connectivity index (χ0v) is 58.1. The number of cyclic esters (lactones) is 1. The van der Waals surface area contributed by atoms with Gasteiger partial charge in [-0.05, 0) is 128 Å². The Kier molecular flexibility index (Phi) is 23.5. The molecule has 1 saturated carbocycles. The van der Waals surface area contributed by atoms with Gasteiger partial charge in [-0.3, -0.25) is 48.5 Å². The van der Waals surface area contributed by atoms with Crippen molar-refractivity contribution in [3.63, 3.8) is 0 Å². The van der Waals surface area contributed by atoms with E-state index in [1.165, 1.54) is 16.2 Å². The number of nitrogens with zero attached hydrogens (tertiary/aromatic N) is 4. The molecule has 0 unspecified atom stereocenters. The number of para-hydroxylation sites is 1. The maximum absolute atomic E-state index is 15.5. The number of likely N-dealkylation sites (tertiary alicyclic amines) is 1. The Balaban J connectivity index is 0.567. The van der Waals surface area contributed by atoms with Crippen molar-refractivity contribution in [2.75, 3.05) is 64.1 Å². The molecule has 1 spiro atoms. The predicted molar refractivity (Wildman–Crippen MR) is 379 cm³/mol. The maximum atomic E-state index is 15.5. The van der Waals surface area contributed by atoms with Gasteiger partial charge in [-0.15, -0.1) is 0 Å². The summed E-state index contributed by atoms with van der Waals surface area (Å²) < 4.78 is 27.9. The van der Waals surface area contributed by atoms with Gasteiger partial charge < -0.3 is 60.8 Å². The molecule has 5 aliphatic rings. The molecule has 2 aromatic heterocycles. The first-order valence-electron chi connectivity index (χ1n) is 35.4. The van der Waals surface area contributed by atoms with Crippen molar-refractivity contribution in [2.24, 2.45) is 11.3 Å². The fourth-order valence-corrected chi connectivity index (χ4v) is 15.0. The molecule has 11 rings (SSSR count). The van der Waals surface area contributed by atoms with E-state index in [1.807, 2.05) is 47.4 Å². The summed E-state index contributed by atoms with van der Waals surface area (Å²) in [7, 11) is 0. The van der Waals surface area contributed by atoms with Crippen LogP contribution in [0.3, 0.4) is 0 Å². The molecule has 1 saturated heterocycles. The molecule has 3 atom stereocenters. The molecule has 5 heterocycles. The monoisotopic (exact) mass is 1400 g/mol.